The number of hydrogen-bond donors (Lipinski definition) is 0. The molecule has 16 heavy (non-hydrogen) atoms. The van der Waals surface area contributed by atoms with Gasteiger partial charge in [-0.05, 0) is 18.8 Å². The van der Waals surface area contributed by atoms with Crippen LogP contribution in [0.5, 0.6) is 0 Å². The second-order valence-electron chi connectivity index (χ2n) is 4.71. The minimum Gasteiger partial charge on any atom is -0.221 e. The van der Waals surface area contributed by atoms with Crippen molar-refractivity contribution in [2.75, 3.05) is 0 Å². The van der Waals surface area contributed by atoms with Crippen LogP contribution in [0.15, 0.2) is 0 Å². The first-order valence-corrected chi connectivity index (χ1v) is 6.58. The van der Waals surface area contributed by atoms with Crippen molar-refractivity contribution in [1.82, 2.24) is 9.97 Å². The second kappa shape index (κ2) is 4.89. The molecule has 0 atom stereocenters. The van der Waals surface area contributed by atoms with Crippen molar-refractivity contribution in [3.05, 3.63) is 21.7 Å². The molecular formula is C12H16Cl2N2. The lowest BCUT2D eigenvalue weighted by Crippen LogP contribution is -2.05. The van der Waals surface area contributed by atoms with Crippen LogP contribution in [0.25, 0.3) is 0 Å². The lowest BCUT2D eigenvalue weighted by molar-refractivity contribution is 0.662. The molecule has 0 spiro atoms. The molecule has 1 aromatic rings. The van der Waals surface area contributed by atoms with Crippen LogP contribution in [0.1, 0.15) is 62.8 Å². The highest BCUT2D eigenvalue weighted by atomic mass is 35.5. The summed E-state index contributed by atoms with van der Waals surface area (Å²) < 4.78 is 0. The average Bonchev–Trinajstić information content (AvgIpc) is 2.67. The highest BCUT2D eigenvalue weighted by Crippen LogP contribution is 2.35. The van der Waals surface area contributed by atoms with Crippen molar-refractivity contribution in [2.24, 2.45) is 0 Å². The summed E-state index contributed by atoms with van der Waals surface area (Å²) in [4.78, 5) is 8.81. The van der Waals surface area contributed by atoms with Gasteiger partial charge in [-0.1, -0.05) is 49.9 Å². The van der Waals surface area contributed by atoms with E-state index in [9.17, 15) is 0 Å². The maximum Gasteiger partial charge on any atom is 0.137 e. The van der Waals surface area contributed by atoms with E-state index < -0.39 is 0 Å². The molecule has 1 aliphatic rings. The smallest absolute Gasteiger partial charge is 0.137 e. The van der Waals surface area contributed by atoms with Crippen LogP contribution < -0.4 is 0 Å². The first kappa shape index (κ1) is 12.1. The largest absolute Gasteiger partial charge is 0.221 e. The Kier molecular flexibility index (Phi) is 3.70. The van der Waals surface area contributed by atoms with E-state index in [1.54, 1.807) is 0 Å². The zero-order valence-electron chi connectivity index (χ0n) is 9.63. The van der Waals surface area contributed by atoms with Crippen LogP contribution in [0.2, 0.25) is 10.3 Å². The molecule has 0 amide bonds. The number of halogens is 2. The van der Waals surface area contributed by atoms with Crippen molar-refractivity contribution >= 4 is 23.2 Å². The summed E-state index contributed by atoms with van der Waals surface area (Å²) in [6, 6.07) is 0. The molecule has 2 nitrogen and oxygen atoms in total. The maximum atomic E-state index is 6.17. The Morgan fingerprint density at radius 1 is 1.06 bits per heavy atom. The molecule has 2 rings (SSSR count). The fourth-order valence-corrected chi connectivity index (χ4v) is 3.11. The van der Waals surface area contributed by atoms with E-state index in [2.05, 4.69) is 9.97 Å². The highest BCUT2D eigenvalue weighted by molar-refractivity contribution is 6.34. The summed E-state index contributed by atoms with van der Waals surface area (Å²) in [5.41, 5.74) is 0.866. The Morgan fingerprint density at radius 3 is 2.00 bits per heavy atom. The molecule has 1 aromatic heterocycles. The minimum absolute atomic E-state index is 0.262. The number of rotatable bonds is 2. The fourth-order valence-electron chi connectivity index (χ4n) is 2.27. The maximum absolute atomic E-state index is 6.17. The standard InChI is InChI=1S/C12H16Cl2N2/c1-7(2)9-10(13)15-12(16-11(9)14)8-5-3-4-6-8/h7-8H,3-6H2,1-2H3. The Morgan fingerprint density at radius 2 is 1.56 bits per heavy atom. The van der Waals surface area contributed by atoms with Gasteiger partial charge in [0.05, 0.1) is 0 Å². The third-order valence-corrected chi connectivity index (χ3v) is 3.74. The highest BCUT2D eigenvalue weighted by Gasteiger charge is 2.23. The predicted molar refractivity (Wildman–Crippen MR) is 67.4 cm³/mol. The average molecular weight is 259 g/mol. The molecule has 4 heteroatoms. The summed E-state index contributed by atoms with van der Waals surface area (Å²) in [7, 11) is 0. The van der Waals surface area contributed by atoms with E-state index in [0.29, 0.717) is 16.2 Å². The van der Waals surface area contributed by atoms with Gasteiger partial charge in [0.15, 0.2) is 0 Å². The molecule has 0 N–H and O–H groups in total. The zero-order chi connectivity index (χ0) is 11.7. The third-order valence-electron chi connectivity index (χ3n) is 3.17. The van der Waals surface area contributed by atoms with Gasteiger partial charge in [0.2, 0.25) is 0 Å². The van der Waals surface area contributed by atoms with Crippen molar-refractivity contribution < 1.29 is 0 Å². The summed E-state index contributed by atoms with van der Waals surface area (Å²) in [6.07, 6.45) is 4.84. The van der Waals surface area contributed by atoms with Gasteiger partial charge in [-0.3, -0.25) is 0 Å². The molecule has 0 aromatic carbocycles. The molecule has 1 aliphatic carbocycles. The third kappa shape index (κ3) is 2.33. The number of hydrogen-bond acceptors (Lipinski definition) is 2. The molecule has 88 valence electrons. The van der Waals surface area contributed by atoms with Crippen LogP contribution in [0.4, 0.5) is 0 Å². The van der Waals surface area contributed by atoms with Gasteiger partial charge in [0, 0.05) is 11.5 Å². The lowest BCUT2D eigenvalue weighted by Gasteiger charge is -2.13. The zero-order valence-corrected chi connectivity index (χ0v) is 11.1. The molecule has 0 unspecified atom stereocenters. The molecule has 1 heterocycles. The molecule has 0 radical (unpaired) electrons. The quantitative estimate of drug-likeness (QED) is 0.727. The van der Waals surface area contributed by atoms with Crippen LogP contribution in [-0.4, -0.2) is 9.97 Å². The van der Waals surface area contributed by atoms with Crippen LogP contribution in [0.3, 0.4) is 0 Å². The van der Waals surface area contributed by atoms with Gasteiger partial charge in [-0.25, -0.2) is 9.97 Å². The van der Waals surface area contributed by atoms with Crippen molar-refractivity contribution in [2.45, 2.75) is 51.4 Å². The SMILES string of the molecule is CC(C)c1c(Cl)nc(C2CCCC2)nc1Cl. The fraction of sp³-hybridized carbons (Fsp3) is 0.667. The Bertz CT molecular complexity index is 362. The van der Waals surface area contributed by atoms with Crippen LogP contribution in [0, 0.1) is 0 Å². The van der Waals surface area contributed by atoms with Crippen LogP contribution >= 0.6 is 23.2 Å². The van der Waals surface area contributed by atoms with Gasteiger partial charge in [0.25, 0.3) is 0 Å². The van der Waals surface area contributed by atoms with Crippen molar-refractivity contribution in [3.63, 3.8) is 0 Å². The van der Waals surface area contributed by atoms with Gasteiger partial charge < -0.3 is 0 Å². The summed E-state index contributed by atoms with van der Waals surface area (Å²) >= 11 is 12.3. The van der Waals surface area contributed by atoms with E-state index in [1.165, 1.54) is 12.8 Å². The lowest BCUT2D eigenvalue weighted by atomic mass is 10.1. The monoisotopic (exact) mass is 258 g/mol. The Hall–Kier alpha value is -0.340. The van der Waals surface area contributed by atoms with Crippen molar-refractivity contribution in [1.29, 1.82) is 0 Å². The molecule has 1 fully saturated rings. The molecule has 0 saturated heterocycles. The topological polar surface area (TPSA) is 25.8 Å². The summed E-state index contributed by atoms with van der Waals surface area (Å²) in [5.74, 6) is 1.55. The molecular weight excluding hydrogens is 243 g/mol. The first-order chi connectivity index (χ1) is 7.59. The van der Waals surface area contributed by atoms with E-state index >= 15 is 0 Å². The summed E-state index contributed by atoms with van der Waals surface area (Å²) in [5, 5.41) is 1.05. The molecule has 1 saturated carbocycles. The van der Waals surface area contributed by atoms with Crippen molar-refractivity contribution in [3.8, 4) is 0 Å². The molecule has 0 aliphatic heterocycles. The molecule has 0 bridgehead atoms. The van der Waals surface area contributed by atoms with E-state index in [4.69, 9.17) is 23.2 Å². The minimum atomic E-state index is 0.262. The van der Waals surface area contributed by atoms with E-state index in [-0.39, 0.29) is 5.92 Å². The van der Waals surface area contributed by atoms with E-state index in [1.807, 2.05) is 13.8 Å². The van der Waals surface area contributed by atoms with Gasteiger partial charge in [-0.2, -0.15) is 0 Å². The first-order valence-electron chi connectivity index (χ1n) is 5.82. The normalized spacial score (nSPS) is 17.3. The van der Waals surface area contributed by atoms with E-state index in [0.717, 1.165) is 24.2 Å². The van der Waals surface area contributed by atoms with Gasteiger partial charge in [0.1, 0.15) is 16.1 Å². The predicted octanol–water partition coefficient (Wildman–Crippen LogP) is 4.56. The summed E-state index contributed by atoms with van der Waals surface area (Å²) in [6.45, 7) is 4.09. The number of aromatic nitrogens is 2. The number of nitrogens with zero attached hydrogens (tertiary/aromatic N) is 2. The van der Waals surface area contributed by atoms with Crippen LogP contribution in [-0.2, 0) is 0 Å². The second-order valence-corrected chi connectivity index (χ2v) is 5.43. The Balaban J connectivity index is 2.36. The Labute approximate surface area is 106 Å². The van der Waals surface area contributed by atoms with Gasteiger partial charge >= 0.3 is 0 Å². The van der Waals surface area contributed by atoms with Gasteiger partial charge in [-0.15, -0.1) is 0 Å².